The molecule has 0 saturated carbocycles. The van der Waals surface area contributed by atoms with E-state index in [9.17, 15) is 0 Å². The molecule has 0 bridgehead atoms. The Morgan fingerprint density at radius 3 is 3.05 bits per heavy atom. The lowest BCUT2D eigenvalue weighted by atomic mass is 10.0. The molecule has 0 atom stereocenters. The normalized spacial score (nSPS) is 13.2. The number of anilines is 1. The Kier molecular flexibility index (Phi) is 2.53. The average Bonchev–Trinajstić information content (AvgIpc) is 3.17. The van der Waals surface area contributed by atoms with E-state index >= 15 is 0 Å². The van der Waals surface area contributed by atoms with Gasteiger partial charge in [0.25, 0.3) is 0 Å². The molecule has 5 heteroatoms. The number of hydrogen-bond acceptors (Lipinski definition) is 5. The highest BCUT2D eigenvalue weighted by Gasteiger charge is 2.20. The Morgan fingerprint density at radius 1 is 1.25 bits per heavy atom. The fourth-order valence-corrected chi connectivity index (χ4v) is 3.27. The number of nitrogens with two attached hydrogens (primary N) is 1. The number of ether oxygens (including phenoxy) is 1. The van der Waals surface area contributed by atoms with Crippen LogP contribution in [0.2, 0.25) is 0 Å². The molecule has 0 spiro atoms. The van der Waals surface area contributed by atoms with E-state index in [1.54, 1.807) is 11.3 Å². The lowest BCUT2D eigenvalue weighted by molar-refractivity contribution is 0.357. The second kappa shape index (κ2) is 4.38. The number of benzene rings is 1. The zero-order valence-electron chi connectivity index (χ0n) is 10.6. The van der Waals surface area contributed by atoms with Gasteiger partial charge in [0.15, 0.2) is 0 Å². The molecule has 1 aliphatic rings. The van der Waals surface area contributed by atoms with Crippen LogP contribution in [0.4, 0.5) is 5.88 Å². The highest BCUT2D eigenvalue weighted by atomic mass is 32.1. The molecule has 0 radical (unpaired) electrons. The van der Waals surface area contributed by atoms with Gasteiger partial charge in [0, 0.05) is 16.9 Å². The van der Waals surface area contributed by atoms with E-state index in [4.69, 9.17) is 15.0 Å². The molecule has 0 amide bonds. The average molecular weight is 284 g/mol. The number of nitrogen functional groups attached to an aromatic ring is 1. The highest BCUT2D eigenvalue weighted by molar-refractivity contribution is 7.13. The van der Waals surface area contributed by atoms with Crippen molar-refractivity contribution in [1.29, 1.82) is 0 Å². The van der Waals surface area contributed by atoms with Crippen molar-refractivity contribution in [2.24, 2.45) is 0 Å². The number of aromatic nitrogens is 1. The van der Waals surface area contributed by atoms with E-state index in [1.807, 2.05) is 29.6 Å². The molecule has 3 aromatic rings. The van der Waals surface area contributed by atoms with Crippen molar-refractivity contribution in [3.05, 3.63) is 41.3 Å². The van der Waals surface area contributed by atoms with Crippen molar-refractivity contribution in [2.75, 3.05) is 12.3 Å². The monoisotopic (exact) mass is 284 g/mol. The van der Waals surface area contributed by atoms with Crippen LogP contribution < -0.4 is 10.5 Å². The van der Waals surface area contributed by atoms with Crippen LogP contribution in [0.1, 0.15) is 5.56 Å². The Labute approximate surface area is 119 Å². The molecule has 4 rings (SSSR count). The lowest BCUT2D eigenvalue weighted by Gasteiger charge is -2.03. The number of rotatable bonds is 2. The fraction of sp³-hybridized carbons (Fsp3) is 0.133. The molecule has 3 heterocycles. The van der Waals surface area contributed by atoms with Gasteiger partial charge in [0.1, 0.15) is 11.4 Å². The second-order valence-electron chi connectivity index (χ2n) is 4.67. The molecule has 100 valence electrons. The van der Waals surface area contributed by atoms with Gasteiger partial charge in [-0.1, -0.05) is 11.2 Å². The molecular formula is C15H12N2O2S. The molecule has 2 N–H and O–H groups in total. The Balaban J connectivity index is 1.87. The maximum Gasteiger partial charge on any atom is 0.231 e. The van der Waals surface area contributed by atoms with E-state index in [-0.39, 0.29) is 0 Å². The van der Waals surface area contributed by atoms with Gasteiger partial charge >= 0.3 is 0 Å². The largest absolute Gasteiger partial charge is 0.493 e. The molecule has 1 aromatic carbocycles. The van der Waals surface area contributed by atoms with Crippen LogP contribution in [-0.2, 0) is 6.42 Å². The summed E-state index contributed by atoms with van der Waals surface area (Å²) in [6, 6.07) is 10.1. The maximum atomic E-state index is 5.94. The van der Waals surface area contributed by atoms with Crippen LogP contribution in [0, 0.1) is 0 Å². The summed E-state index contributed by atoms with van der Waals surface area (Å²) in [7, 11) is 0. The standard InChI is InChI=1S/C15H12N2O2S/c16-15-13(12-2-1-7-20-12)14(17-19-15)10-3-4-11-9(8-10)5-6-18-11/h1-4,7-8H,5-6,16H2. The molecule has 4 nitrogen and oxygen atoms in total. The van der Waals surface area contributed by atoms with E-state index in [1.165, 1.54) is 5.56 Å². The van der Waals surface area contributed by atoms with Crippen molar-refractivity contribution >= 4 is 17.2 Å². The van der Waals surface area contributed by atoms with Crippen LogP contribution in [0.3, 0.4) is 0 Å². The number of hydrogen-bond donors (Lipinski definition) is 1. The van der Waals surface area contributed by atoms with Gasteiger partial charge in [-0.05, 0) is 35.2 Å². The van der Waals surface area contributed by atoms with Gasteiger partial charge in [-0.25, -0.2) is 0 Å². The molecule has 2 aromatic heterocycles. The van der Waals surface area contributed by atoms with Crippen molar-refractivity contribution in [1.82, 2.24) is 5.16 Å². The summed E-state index contributed by atoms with van der Waals surface area (Å²) in [6.07, 6.45) is 0.935. The molecule has 0 saturated heterocycles. The number of nitrogens with zero attached hydrogens (tertiary/aromatic N) is 1. The highest BCUT2D eigenvalue weighted by Crippen LogP contribution is 2.40. The summed E-state index contributed by atoms with van der Waals surface area (Å²) in [5.41, 5.74) is 9.82. The van der Waals surface area contributed by atoms with Gasteiger partial charge in [-0.15, -0.1) is 11.3 Å². The minimum Gasteiger partial charge on any atom is -0.493 e. The zero-order valence-corrected chi connectivity index (χ0v) is 11.4. The zero-order chi connectivity index (χ0) is 13.5. The van der Waals surface area contributed by atoms with Crippen LogP contribution in [0.25, 0.3) is 21.7 Å². The van der Waals surface area contributed by atoms with E-state index < -0.39 is 0 Å². The van der Waals surface area contributed by atoms with E-state index in [0.717, 1.165) is 40.5 Å². The van der Waals surface area contributed by atoms with Gasteiger partial charge in [0.05, 0.1) is 12.2 Å². The van der Waals surface area contributed by atoms with Crippen LogP contribution >= 0.6 is 11.3 Å². The van der Waals surface area contributed by atoms with Crippen molar-refractivity contribution in [3.8, 4) is 27.4 Å². The van der Waals surface area contributed by atoms with Gasteiger partial charge < -0.3 is 15.0 Å². The Morgan fingerprint density at radius 2 is 2.20 bits per heavy atom. The van der Waals surface area contributed by atoms with E-state index in [2.05, 4.69) is 11.2 Å². The first kappa shape index (κ1) is 11.5. The van der Waals surface area contributed by atoms with Crippen LogP contribution in [0.15, 0.2) is 40.2 Å². The smallest absolute Gasteiger partial charge is 0.231 e. The Bertz CT molecular complexity index is 762. The minimum atomic E-state index is 0.360. The first-order valence-corrected chi connectivity index (χ1v) is 7.26. The molecular weight excluding hydrogens is 272 g/mol. The topological polar surface area (TPSA) is 61.3 Å². The molecule has 0 aliphatic carbocycles. The maximum absolute atomic E-state index is 5.94. The number of thiophene rings is 1. The van der Waals surface area contributed by atoms with Crippen LogP contribution in [-0.4, -0.2) is 11.8 Å². The first-order chi connectivity index (χ1) is 9.83. The number of fused-ring (bicyclic) bond motifs is 1. The third-order valence-corrected chi connectivity index (χ3v) is 4.34. The summed E-state index contributed by atoms with van der Waals surface area (Å²) in [5, 5.41) is 6.15. The summed E-state index contributed by atoms with van der Waals surface area (Å²) < 4.78 is 10.7. The van der Waals surface area contributed by atoms with Crippen molar-refractivity contribution in [2.45, 2.75) is 6.42 Å². The predicted octanol–water partition coefficient (Wildman–Crippen LogP) is 3.59. The molecule has 0 fully saturated rings. The van der Waals surface area contributed by atoms with Gasteiger partial charge in [-0.2, -0.15) is 0 Å². The summed E-state index contributed by atoms with van der Waals surface area (Å²) in [6.45, 7) is 0.748. The second-order valence-corrected chi connectivity index (χ2v) is 5.62. The third-order valence-electron chi connectivity index (χ3n) is 3.45. The summed E-state index contributed by atoms with van der Waals surface area (Å²) >= 11 is 1.62. The van der Waals surface area contributed by atoms with Crippen LogP contribution in [0.5, 0.6) is 5.75 Å². The molecule has 1 aliphatic heterocycles. The van der Waals surface area contributed by atoms with Crippen molar-refractivity contribution < 1.29 is 9.26 Å². The van der Waals surface area contributed by atoms with E-state index in [0.29, 0.717) is 5.88 Å². The molecule has 20 heavy (non-hydrogen) atoms. The third kappa shape index (κ3) is 1.71. The van der Waals surface area contributed by atoms with Crippen molar-refractivity contribution in [3.63, 3.8) is 0 Å². The minimum absolute atomic E-state index is 0.360. The summed E-state index contributed by atoms with van der Waals surface area (Å²) in [5.74, 6) is 1.32. The lowest BCUT2D eigenvalue weighted by Crippen LogP contribution is -1.86. The SMILES string of the molecule is Nc1onc(-c2ccc3c(c2)CCO3)c1-c1cccs1. The van der Waals surface area contributed by atoms with Gasteiger partial charge in [0.2, 0.25) is 5.88 Å². The quantitative estimate of drug-likeness (QED) is 0.781. The predicted molar refractivity (Wildman–Crippen MR) is 78.9 cm³/mol. The summed E-state index contributed by atoms with van der Waals surface area (Å²) in [4.78, 5) is 1.07. The Hall–Kier alpha value is -2.27. The fourth-order valence-electron chi connectivity index (χ4n) is 2.49. The first-order valence-electron chi connectivity index (χ1n) is 6.38. The molecule has 0 unspecified atom stereocenters. The van der Waals surface area contributed by atoms with Gasteiger partial charge in [-0.3, -0.25) is 0 Å².